The zero-order chi connectivity index (χ0) is 13.8. The predicted octanol–water partition coefficient (Wildman–Crippen LogP) is 3.03. The molecule has 0 aliphatic carbocycles. The number of para-hydroxylation sites is 1. The number of rotatable bonds is 4. The predicted molar refractivity (Wildman–Crippen MR) is 80.8 cm³/mol. The third-order valence-corrected chi connectivity index (χ3v) is 3.44. The van der Waals surface area contributed by atoms with E-state index in [0.29, 0.717) is 11.9 Å². The maximum atomic E-state index is 12.3. The van der Waals surface area contributed by atoms with Crippen LogP contribution >= 0.6 is 0 Å². The van der Waals surface area contributed by atoms with Gasteiger partial charge in [-0.1, -0.05) is 42.5 Å². The van der Waals surface area contributed by atoms with Crippen molar-refractivity contribution in [1.82, 2.24) is 9.55 Å². The van der Waals surface area contributed by atoms with Crippen LogP contribution in [0.4, 0.5) is 0 Å². The van der Waals surface area contributed by atoms with Crippen LogP contribution in [0, 0.1) is 0 Å². The highest BCUT2D eigenvalue weighted by molar-refractivity contribution is 5.76. The fourth-order valence-electron chi connectivity index (χ4n) is 2.36. The molecule has 0 atom stereocenters. The molecule has 2 aromatic carbocycles. The molecular weight excluding hydrogens is 248 g/mol. The van der Waals surface area contributed by atoms with E-state index >= 15 is 0 Å². The van der Waals surface area contributed by atoms with E-state index in [4.69, 9.17) is 0 Å². The lowest BCUT2D eigenvalue weighted by Crippen LogP contribution is -2.20. The summed E-state index contributed by atoms with van der Waals surface area (Å²) in [5, 5.41) is 0.690. The zero-order valence-corrected chi connectivity index (χ0v) is 11.2. The molecule has 100 valence electrons. The normalized spacial score (nSPS) is 10.8. The van der Waals surface area contributed by atoms with Crippen LogP contribution in [0.15, 0.2) is 65.7 Å². The van der Waals surface area contributed by atoms with Crippen LogP contribution in [0.5, 0.6) is 0 Å². The third-order valence-electron chi connectivity index (χ3n) is 3.44. The lowest BCUT2D eigenvalue weighted by molar-refractivity contribution is 0.617. The van der Waals surface area contributed by atoms with Crippen molar-refractivity contribution in [2.45, 2.75) is 19.4 Å². The van der Waals surface area contributed by atoms with E-state index in [0.717, 1.165) is 18.4 Å². The van der Waals surface area contributed by atoms with Crippen LogP contribution in [0.1, 0.15) is 12.0 Å². The average Bonchev–Trinajstić information content (AvgIpc) is 2.51. The summed E-state index contributed by atoms with van der Waals surface area (Å²) in [5.41, 5.74) is 2.11. The highest BCUT2D eigenvalue weighted by Gasteiger charge is 2.02. The molecular formula is C17H16N2O. The van der Waals surface area contributed by atoms with E-state index in [2.05, 4.69) is 17.1 Å². The molecule has 0 radical (unpaired) electrons. The van der Waals surface area contributed by atoms with Crippen molar-refractivity contribution in [3.63, 3.8) is 0 Å². The van der Waals surface area contributed by atoms with Gasteiger partial charge in [-0.05, 0) is 30.5 Å². The Balaban J connectivity index is 1.75. The van der Waals surface area contributed by atoms with Gasteiger partial charge in [0.2, 0.25) is 0 Å². The minimum absolute atomic E-state index is 0.0451. The molecule has 3 rings (SSSR count). The molecule has 0 unspecified atom stereocenters. The molecule has 0 spiro atoms. The topological polar surface area (TPSA) is 34.9 Å². The second-order valence-electron chi connectivity index (χ2n) is 4.85. The summed E-state index contributed by atoms with van der Waals surface area (Å²) < 4.78 is 1.70. The molecule has 0 aliphatic rings. The molecule has 1 heterocycles. The number of benzene rings is 2. The van der Waals surface area contributed by atoms with Gasteiger partial charge in [0, 0.05) is 6.54 Å². The van der Waals surface area contributed by atoms with Crippen molar-refractivity contribution in [2.75, 3.05) is 0 Å². The van der Waals surface area contributed by atoms with E-state index in [1.54, 1.807) is 10.9 Å². The fourth-order valence-corrected chi connectivity index (χ4v) is 2.36. The van der Waals surface area contributed by atoms with Gasteiger partial charge in [-0.15, -0.1) is 0 Å². The Morgan fingerprint density at radius 2 is 1.70 bits per heavy atom. The van der Waals surface area contributed by atoms with Gasteiger partial charge < -0.3 is 0 Å². The summed E-state index contributed by atoms with van der Waals surface area (Å²) >= 11 is 0. The maximum Gasteiger partial charge on any atom is 0.261 e. The largest absolute Gasteiger partial charge is 0.299 e. The molecule has 0 amide bonds. The number of nitrogens with zero attached hydrogens (tertiary/aromatic N) is 2. The highest BCUT2D eigenvalue weighted by atomic mass is 16.1. The summed E-state index contributed by atoms with van der Waals surface area (Å²) in [6.45, 7) is 0.700. The van der Waals surface area contributed by atoms with Gasteiger partial charge in [0.25, 0.3) is 5.56 Å². The molecule has 0 N–H and O–H groups in total. The first-order valence-electron chi connectivity index (χ1n) is 6.83. The highest BCUT2D eigenvalue weighted by Crippen LogP contribution is 2.06. The second kappa shape index (κ2) is 5.70. The lowest BCUT2D eigenvalue weighted by Gasteiger charge is -2.06. The summed E-state index contributed by atoms with van der Waals surface area (Å²) in [4.78, 5) is 16.6. The second-order valence-corrected chi connectivity index (χ2v) is 4.85. The van der Waals surface area contributed by atoms with Crippen molar-refractivity contribution < 1.29 is 0 Å². The fraction of sp³-hybridized carbons (Fsp3) is 0.176. The van der Waals surface area contributed by atoms with Crippen LogP contribution < -0.4 is 5.56 Å². The molecule has 0 saturated heterocycles. The van der Waals surface area contributed by atoms with Gasteiger partial charge in [0.1, 0.15) is 0 Å². The Kier molecular flexibility index (Phi) is 3.59. The monoisotopic (exact) mass is 264 g/mol. The minimum Gasteiger partial charge on any atom is -0.299 e. The van der Waals surface area contributed by atoms with Gasteiger partial charge in [0.05, 0.1) is 17.2 Å². The molecule has 0 fully saturated rings. The number of hydrogen-bond donors (Lipinski definition) is 0. The molecule has 1 aromatic heterocycles. The molecule has 0 aliphatic heterocycles. The lowest BCUT2D eigenvalue weighted by atomic mass is 10.1. The molecule has 0 saturated carbocycles. The smallest absolute Gasteiger partial charge is 0.261 e. The number of aromatic nitrogens is 2. The molecule has 20 heavy (non-hydrogen) atoms. The van der Waals surface area contributed by atoms with E-state index in [9.17, 15) is 4.79 Å². The Bertz CT molecular complexity index is 763. The quantitative estimate of drug-likeness (QED) is 0.726. The van der Waals surface area contributed by atoms with Crippen molar-refractivity contribution in [2.24, 2.45) is 0 Å². The van der Waals surface area contributed by atoms with Gasteiger partial charge >= 0.3 is 0 Å². The first-order valence-corrected chi connectivity index (χ1v) is 6.83. The Morgan fingerprint density at radius 1 is 0.950 bits per heavy atom. The van der Waals surface area contributed by atoms with Crippen LogP contribution in [-0.2, 0) is 13.0 Å². The Hall–Kier alpha value is -2.42. The minimum atomic E-state index is 0.0451. The summed E-state index contributed by atoms with van der Waals surface area (Å²) in [5.74, 6) is 0. The zero-order valence-electron chi connectivity index (χ0n) is 11.2. The first kappa shape index (κ1) is 12.6. The average molecular weight is 264 g/mol. The SMILES string of the molecule is O=c1c2ccccc2ncn1CCCc1ccccc1. The molecule has 3 nitrogen and oxygen atoms in total. The molecule has 3 heteroatoms. The maximum absolute atomic E-state index is 12.3. The summed E-state index contributed by atoms with van der Waals surface area (Å²) in [6, 6.07) is 17.8. The van der Waals surface area contributed by atoms with Gasteiger partial charge in [-0.3, -0.25) is 9.36 Å². The van der Waals surface area contributed by atoms with Gasteiger partial charge in [-0.2, -0.15) is 0 Å². The first-order chi connectivity index (χ1) is 9.84. The van der Waals surface area contributed by atoms with Crippen LogP contribution in [-0.4, -0.2) is 9.55 Å². The van der Waals surface area contributed by atoms with Crippen molar-refractivity contribution in [1.29, 1.82) is 0 Å². The van der Waals surface area contributed by atoms with Gasteiger partial charge in [-0.25, -0.2) is 4.98 Å². The van der Waals surface area contributed by atoms with E-state index in [1.165, 1.54) is 5.56 Å². The Morgan fingerprint density at radius 3 is 2.55 bits per heavy atom. The number of aryl methyl sites for hydroxylation is 2. The van der Waals surface area contributed by atoms with E-state index < -0.39 is 0 Å². The van der Waals surface area contributed by atoms with Crippen molar-refractivity contribution >= 4 is 10.9 Å². The molecule has 3 aromatic rings. The van der Waals surface area contributed by atoms with Crippen molar-refractivity contribution in [3.05, 3.63) is 76.8 Å². The van der Waals surface area contributed by atoms with Crippen LogP contribution in [0.3, 0.4) is 0 Å². The van der Waals surface area contributed by atoms with Crippen molar-refractivity contribution in [3.8, 4) is 0 Å². The number of hydrogen-bond acceptors (Lipinski definition) is 2. The standard InChI is InChI=1S/C17H16N2O/c20-17-15-10-4-5-11-16(15)18-13-19(17)12-6-9-14-7-2-1-3-8-14/h1-5,7-8,10-11,13H,6,9,12H2. The van der Waals surface area contributed by atoms with E-state index in [-0.39, 0.29) is 5.56 Å². The van der Waals surface area contributed by atoms with E-state index in [1.807, 2.05) is 42.5 Å². The summed E-state index contributed by atoms with van der Waals surface area (Å²) in [7, 11) is 0. The third kappa shape index (κ3) is 2.62. The van der Waals surface area contributed by atoms with Crippen LogP contribution in [0.25, 0.3) is 10.9 Å². The summed E-state index contributed by atoms with van der Waals surface area (Å²) in [6.07, 6.45) is 3.56. The molecule has 0 bridgehead atoms. The van der Waals surface area contributed by atoms with Crippen LogP contribution in [0.2, 0.25) is 0 Å². The Labute approximate surface area is 117 Å². The van der Waals surface area contributed by atoms with Gasteiger partial charge in [0.15, 0.2) is 0 Å². The number of fused-ring (bicyclic) bond motifs is 1.